The maximum Gasteiger partial charge on any atom is 0.305 e. The lowest BCUT2D eigenvalue weighted by atomic mass is 10.3. The first-order valence-corrected chi connectivity index (χ1v) is 12.5. The van der Waals surface area contributed by atoms with Crippen molar-refractivity contribution in [1.29, 1.82) is 0 Å². The maximum absolute atomic E-state index is 11.9. The molecule has 0 atom stereocenters. The Hall–Kier alpha value is -1.60. The minimum Gasteiger partial charge on any atom is -0.463 e. The second kappa shape index (κ2) is 19.8. The van der Waals surface area contributed by atoms with Crippen LogP contribution in [0.3, 0.4) is 0 Å². The molecule has 1 rings (SSSR count). The predicted molar refractivity (Wildman–Crippen MR) is 120 cm³/mol. The Kier molecular flexibility index (Phi) is 17.7. The minimum absolute atomic E-state index is 0.0577. The maximum atomic E-state index is 11.9. The quantitative estimate of drug-likeness (QED) is 0.135. The molecule has 0 heterocycles. The van der Waals surface area contributed by atoms with Crippen molar-refractivity contribution in [1.82, 2.24) is 0 Å². The molecular weight excluding hydrogens is 456 g/mol. The Labute approximate surface area is 196 Å². The van der Waals surface area contributed by atoms with E-state index in [0.717, 1.165) is 6.42 Å². The highest BCUT2D eigenvalue weighted by molar-refractivity contribution is 7.86. The van der Waals surface area contributed by atoms with Gasteiger partial charge in [-0.25, -0.2) is 0 Å². The van der Waals surface area contributed by atoms with Crippen LogP contribution in [0.4, 0.5) is 0 Å². The highest BCUT2D eigenvalue weighted by atomic mass is 32.2. The van der Waals surface area contributed by atoms with Crippen molar-refractivity contribution >= 4 is 16.1 Å². The highest BCUT2D eigenvalue weighted by Crippen LogP contribution is 2.10. The molecule has 1 aromatic rings. The van der Waals surface area contributed by atoms with Crippen LogP contribution in [0.25, 0.3) is 0 Å². The van der Waals surface area contributed by atoms with E-state index in [1.807, 2.05) is 6.92 Å². The average Bonchev–Trinajstić information content (AvgIpc) is 2.81. The van der Waals surface area contributed by atoms with Gasteiger partial charge in [0.25, 0.3) is 10.1 Å². The summed E-state index contributed by atoms with van der Waals surface area (Å²) in [6.07, 6.45) is 1.21. The zero-order valence-electron chi connectivity index (χ0n) is 19.3. The first-order chi connectivity index (χ1) is 16.1. The van der Waals surface area contributed by atoms with Gasteiger partial charge in [-0.15, -0.1) is 0 Å². The number of hydrogen-bond acceptors (Lipinski definition) is 10. The first-order valence-electron chi connectivity index (χ1n) is 11.0. The number of esters is 1. The molecular formula is C22H36O10S. The third kappa shape index (κ3) is 16.6. The predicted octanol–water partition coefficient (Wildman–Crippen LogP) is 1.82. The van der Waals surface area contributed by atoms with Crippen LogP contribution in [0.1, 0.15) is 19.8 Å². The third-order valence-electron chi connectivity index (χ3n) is 3.93. The molecule has 0 spiro atoms. The molecule has 33 heavy (non-hydrogen) atoms. The van der Waals surface area contributed by atoms with E-state index in [1.54, 1.807) is 18.2 Å². The zero-order chi connectivity index (χ0) is 24.0. The van der Waals surface area contributed by atoms with Gasteiger partial charge in [0, 0.05) is 6.42 Å². The van der Waals surface area contributed by atoms with Crippen molar-refractivity contribution in [3.63, 3.8) is 0 Å². The van der Waals surface area contributed by atoms with Crippen LogP contribution >= 0.6 is 0 Å². The van der Waals surface area contributed by atoms with Crippen LogP contribution in [0.5, 0.6) is 0 Å². The summed E-state index contributed by atoms with van der Waals surface area (Å²) in [5, 5.41) is 0. The molecule has 0 fully saturated rings. The summed E-state index contributed by atoms with van der Waals surface area (Å²) in [5.41, 5.74) is 0. The van der Waals surface area contributed by atoms with Crippen LogP contribution in [-0.2, 0) is 47.5 Å². The van der Waals surface area contributed by atoms with Gasteiger partial charge in [0.1, 0.15) is 6.61 Å². The van der Waals surface area contributed by atoms with Crippen molar-refractivity contribution in [3.8, 4) is 0 Å². The molecule has 0 unspecified atom stereocenters. The number of benzene rings is 1. The highest BCUT2D eigenvalue weighted by Gasteiger charge is 2.13. The van der Waals surface area contributed by atoms with Gasteiger partial charge < -0.3 is 28.4 Å². The lowest BCUT2D eigenvalue weighted by Crippen LogP contribution is -2.15. The van der Waals surface area contributed by atoms with Gasteiger partial charge in [-0.3, -0.25) is 8.98 Å². The lowest BCUT2D eigenvalue weighted by Gasteiger charge is -2.08. The van der Waals surface area contributed by atoms with Crippen LogP contribution in [-0.4, -0.2) is 93.7 Å². The summed E-state index contributed by atoms with van der Waals surface area (Å²) in [6, 6.07) is 7.96. The Morgan fingerprint density at radius 1 is 0.667 bits per heavy atom. The summed E-state index contributed by atoms with van der Waals surface area (Å²) >= 11 is 0. The Morgan fingerprint density at radius 3 is 1.55 bits per heavy atom. The van der Waals surface area contributed by atoms with E-state index in [4.69, 9.17) is 32.6 Å². The molecule has 0 saturated heterocycles. The molecule has 10 nitrogen and oxygen atoms in total. The number of rotatable bonds is 22. The number of carbonyl (C=O) groups excluding carboxylic acids is 1. The molecule has 0 N–H and O–H groups in total. The fourth-order valence-corrected chi connectivity index (χ4v) is 3.24. The van der Waals surface area contributed by atoms with Gasteiger partial charge in [-0.1, -0.05) is 25.1 Å². The van der Waals surface area contributed by atoms with Gasteiger partial charge in [-0.2, -0.15) is 8.42 Å². The van der Waals surface area contributed by atoms with E-state index in [9.17, 15) is 13.2 Å². The zero-order valence-corrected chi connectivity index (χ0v) is 20.1. The van der Waals surface area contributed by atoms with Gasteiger partial charge >= 0.3 is 5.97 Å². The standard InChI is InChI=1S/C22H36O10S/c1-2-6-22(23)31-19-17-29-15-13-27-11-9-26-10-12-28-14-16-30-18-20-32-33(24,25)21-7-4-3-5-8-21/h3-5,7-8H,2,6,9-20H2,1H3. The van der Waals surface area contributed by atoms with Crippen LogP contribution in [0.2, 0.25) is 0 Å². The molecule has 0 aliphatic carbocycles. The topological polar surface area (TPSA) is 116 Å². The molecule has 11 heteroatoms. The summed E-state index contributed by atoms with van der Waals surface area (Å²) < 4.78 is 60.3. The minimum atomic E-state index is -3.75. The number of hydrogen-bond donors (Lipinski definition) is 0. The molecule has 0 saturated carbocycles. The molecule has 0 aromatic heterocycles. The first kappa shape index (κ1) is 29.4. The van der Waals surface area contributed by atoms with Gasteiger partial charge in [0.05, 0.1) is 77.6 Å². The molecule has 0 radical (unpaired) electrons. The van der Waals surface area contributed by atoms with Gasteiger partial charge in [-0.05, 0) is 18.6 Å². The smallest absolute Gasteiger partial charge is 0.305 e. The number of carbonyl (C=O) groups is 1. The Bertz CT molecular complexity index is 696. The fourth-order valence-electron chi connectivity index (χ4n) is 2.33. The number of ether oxygens (including phenoxy) is 6. The van der Waals surface area contributed by atoms with E-state index in [0.29, 0.717) is 65.9 Å². The van der Waals surface area contributed by atoms with Gasteiger partial charge in [0.15, 0.2) is 0 Å². The third-order valence-corrected chi connectivity index (χ3v) is 5.26. The largest absolute Gasteiger partial charge is 0.463 e. The Morgan fingerprint density at radius 2 is 1.09 bits per heavy atom. The summed E-state index contributed by atoms with van der Waals surface area (Å²) in [4.78, 5) is 11.3. The average molecular weight is 493 g/mol. The van der Waals surface area contributed by atoms with Crippen molar-refractivity contribution < 1.29 is 45.8 Å². The Balaban J connectivity index is 1.77. The van der Waals surface area contributed by atoms with E-state index in [2.05, 4.69) is 0 Å². The fraction of sp³-hybridized carbons (Fsp3) is 0.682. The van der Waals surface area contributed by atoms with Crippen molar-refractivity contribution in [2.24, 2.45) is 0 Å². The summed E-state index contributed by atoms with van der Waals surface area (Å²) in [6.45, 7) is 5.95. The molecule has 0 aliphatic rings. The second-order valence-corrected chi connectivity index (χ2v) is 8.24. The monoisotopic (exact) mass is 492 g/mol. The summed E-state index contributed by atoms with van der Waals surface area (Å²) in [5.74, 6) is -0.201. The molecule has 0 amide bonds. The van der Waals surface area contributed by atoms with Crippen LogP contribution in [0.15, 0.2) is 35.2 Å². The van der Waals surface area contributed by atoms with Crippen molar-refractivity contribution in [3.05, 3.63) is 30.3 Å². The SMILES string of the molecule is CCCC(=O)OCCOCCOCCOCCOCCOCCOS(=O)(=O)c1ccccc1. The molecule has 0 bridgehead atoms. The molecule has 190 valence electrons. The summed E-state index contributed by atoms with van der Waals surface area (Å²) in [7, 11) is -3.75. The van der Waals surface area contributed by atoms with E-state index < -0.39 is 10.1 Å². The second-order valence-electron chi connectivity index (χ2n) is 6.62. The van der Waals surface area contributed by atoms with Gasteiger partial charge in [0.2, 0.25) is 0 Å². The van der Waals surface area contributed by atoms with Crippen molar-refractivity contribution in [2.75, 3.05) is 79.3 Å². The lowest BCUT2D eigenvalue weighted by molar-refractivity contribution is -0.145. The van der Waals surface area contributed by atoms with E-state index in [-0.39, 0.29) is 30.7 Å². The van der Waals surface area contributed by atoms with Crippen LogP contribution in [0, 0.1) is 0 Å². The van der Waals surface area contributed by atoms with E-state index in [1.165, 1.54) is 12.1 Å². The van der Waals surface area contributed by atoms with Crippen molar-refractivity contribution in [2.45, 2.75) is 24.7 Å². The van der Waals surface area contributed by atoms with E-state index >= 15 is 0 Å². The molecule has 1 aromatic carbocycles. The normalized spacial score (nSPS) is 11.5. The van der Waals surface area contributed by atoms with Crippen LogP contribution < -0.4 is 0 Å². The molecule has 0 aliphatic heterocycles.